The zero-order valence-corrected chi connectivity index (χ0v) is 14.1. The molecule has 1 amide bonds. The SMILES string of the molecule is CN(C)CCNC(=O)c1cnc(NCCC2=CCCCC2)nc1. The van der Waals surface area contributed by atoms with Gasteiger partial charge in [0.1, 0.15) is 0 Å². The number of likely N-dealkylation sites (N-methyl/N-ethyl adjacent to an activating group) is 1. The Morgan fingerprint density at radius 2 is 2.00 bits per heavy atom. The summed E-state index contributed by atoms with van der Waals surface area (Å²) in [4.78, 5) is 22.4. The predicted octanol–water partition coefficient (Wildman–Crippen LogP) is 2.07. The highest BCUT2D eigenvalue weighted by atomic mass is 16.1. The van der Waals surface area contributed by atoms with Gasteiger partial charge in [-0.15, -0.1) is 0 Å². The van der Waals surface area contributed by atoms with Gasteiger partial charge in [0, 0.05) is 32.0 Å². The molecule has 1 aromatic rings. The smallest absolute Gasteiger partial charge is 0.254 e. The largest absolute Gasteiger partial charge is 0.354 e. The summed E-state index contributed by atoms with van der Waals surface area (Å²) < 4.78 is 0. The molecule has 6 heteroatoms. The fourth-order valence-corrected chi connectivity index (χ4v) is 2.50. The van der Waals surface area contributed by atoms with Crippen molar-refractivity contribution in [3.05, 3.63) is 29.6 Å². The molecule has 1 aliphatic carbocycles. The first kappa shape index (κ1) is 17.4. The average molecular weight is 317 g/mol. The molecule has 0 aromatic carbocycles. The van der Waals surface area contributed by atoms with Gasteiger partial charge in [0.25, 0.3) is 5.91 Å². The predicted molar refractivity (Wildman–Crippen MR) is 92.6 cm³/mol. The normalized spacial score (nSPS) is 14.5. The maximum atomic E-state index is 11.9. The fraction of sp³-hybridized carbons (Fsp3) is 0.588. The van der Waals surface area contributed by atoms with E-state index in [1.54, 1.807) is 12.4 Å². The lowest BCUT2D eigenvalue weighted by molar-refractivity contribution is 0.0950. The number of nitrogens with zero attached hydrogens (tertiary/aromatic N) is 3. The van der Waals surface area contributed by atoms with Gasteiger partial charge in [-0.25, -0.2) is 9.97 Å². The van der Waals surface area contributed by atoms with Crippen molar-refractivity contribution in [2.45, 2.75) is 32.1 Å². The Balaban J connectivity index is 1.73. The van der Waals surface area contributed by atoms with Gasteiger partial charge in [0.15, 0.2) is 0 Å². The second-order valence-electron chi connectivity index (χ2n) is 6.14. The van der Waals surface area contributed by atoms with Crippen LogP contribution >= 0.6 is 0 Å². The summed E-state index contributed by atoms with van der Waals surface area (Å²) in [5, 5.41) is 6.06. The number of anilines is 1. The van der Waals surface area contributed by atoms with Crippen molar-refractivity contribution >= 4 is 11.9 Å². The van der Waals surface area contributed by atoms with Gasteiger partial charge in [-0.3, -0.25) is 4.79 Å². The molecule has 0 unspecified atom stereocenters. The van der Waals surface area contributed by atoms with Crippen LogP contribution in [0, 0.1) is 0 Å². The Morgan fingerprint density at radius 3 is 2.65 bits per heavy atom. The Kier molecular flexibility index (Phi) is 7.00. The fourth-order valence-electron chi connectivity index (χ4n) is 2.50. The van der Waals surface area contributed by atoms with Crippen LogP contribution in [0.15, 0.2) is 24.0 Å². The van der Waals surface area contributed by atoms with Crippen molar-refractivity contribution in [3.8, 4) is 0 Å². The molecular formula is C17H27N5O. The summed E-state index contributed by atoms with van der Waals surface area (Å²) in [6.07, 6.45) is 11.6. The lowest BCUT2D eigenvalue weighted by Gasteiger charge is -2.13. The Morgan fingerprint density at radius 1 is 1.22 bits per heavy atom. The molecule has 2 rings (SSSR count). The van der Waals surface area contributed by atoms with E-state index >= 15 is 0 Å². The van der Waals surface area contributed by atoms with Gasteiger partial charge < -0.3 is 15.5 Å². The Bertz CT molecular complexity index is 524. The topological polar surface area (TPSA) is 70.2 Å². The van der Waals surface area contributed by atoms with E-state index in [1.807, 2.05) is 19.0 Å². The van der Waals surface area contributed by atoms with E-state index in [1.165, 1.54) is 31.3 Å². The van der Waals surface area contributed by atoms with Crippen LogP contribution in [0.25, 0.3) is 0 Å². The molecule has 126 valence electrons. The molecule has 1 aromatic heterocycles. The van der Waals surface area contributed by atoms with Gasteiger partial charge in [0.05, 0.1) is 5.56 Å². The van der Waals surface area contributed by atoms with E-state index in [2.05, 4.69) is 26.7 Å². The summed E-state index contributed by atoms with van der Waals surface area (Å²) in [5.41, 5.74) is 2.02. The first-order valence-corrected chi connectivity index (χ1v) is 8.32. The molecule has 0 saturated carbocycles. The average Bonchev–Trinajstić information content (AvgIpc) is 2.56. The molecule has 1 aliphatic rings. The van der Waals surface area contributed by atoms with Gasteiger partial charge in [-0.1, -0.05) is 11.6 Å². The van der Waals surface area contributed by atoms with Crippen molar-refractivity contribution in [2.24, 2.45) is 0 Å². The third kappa shape index (κ3) is 6.36. The molecule has 2 N–H and O–H groups in total. The monoisotopic (exact) mass is 317 g/mol. The van der Waals surface area contributed by atoms with Crippen LogP contribution in [0.2, 0.25) is 0 Å². The van der Waals surface area contributed by atoms with Crippen molar-refractivity contribution in [3.63, 3.8) is 0 Å². The number of hydrogen-bond donors (Lipinski definition) is 2. The van der Waals surface area contributed by atoms with E-state index in [0.717, 1.165) is 19.5 Å². The highest BCUT2D eigenvalue weighted by Gasteiger charge is 2.07. The molecule has 0 fully saturated rings. The van der Waals surface area contributed by atoms with Gasteiger partial charge in [-0.2, -0.15) is 0 Å². The Labute approximate surface area is 138 Å². The van der Waals surface area contributed by atoms with E-state index in [9.17, 15) is 4.79 Å². The van der Waals surface area contributed by atoms with Crippen LogP contribution in [0.4, 0.5) is 5.95 Å². The van der Waals surface area contributed by atoms with Crippen LogP contribution in [-0.4, -0.2) is 54.5 Å². The third-order valence-corrected chi connectivity index (χ3v) is 3.87. The lowest BCUT2D eigenvalue weighted by atomic mass is 9.97. The number of carbonyl (C=O) groups excluding carboxylic acids is 1. The summed E-state index contributed by atoms with van der Waals surface area (Å²) in [7, 11) is 3.94. The van der Waals surface area contributed by atoms with Crippen molar-refractivity contribution in [1.29, 1.82) is 0 Å². The summed E-state index contributed by atoms with van der Waals surface area (Å²) >= 11 is 0. The van der Waals surface area contributed by atoms with E-state index < -0.39 is 0 Å². The molecule has 1 heterocycles. The number of allylic oxidation sites excluding steroid dienone is 1. The van der Waals surface area contributed by atoms with E-state index in [0.29, 0.717) is 18.1 Å². The Hall–Kier alpha value is -1.95. The summed E-state index contributed by atoms with van der Waals surface area (Å²) in [6, 6.07) is 0. The number of hydrogen-bond acceptors (Lipinski definition) is 5. The number of aromatic nitrogens is 2. The number of carbonyl (C=O) groups is 1. The van der Waals surface area contributed by atoms with Crippen molar-refractivity contribution in [2.75, 3.05) is 39.0 Å². The van der Waals surface area contributed by atoms with Gasteiger partial charge in [0.2, 0.25) is 5.95 Å². The zero-order valence-electron chi connectivity index (χ0n) is 14.1. The van der Waals surface area contributed by atoms with Crippen molar-refractivity contribution in [1.82, 2.24) is 20.2 Å². The van der Waals surface area contributed by atoms with Gasteiger partial charge >= 0.3 is 0 Å². The minimum atomic E-state index is -0.134. The number of amides is 1. The molecule has 0 aliphatic heterocycles. The number of nitrogens with one attached hydrogen (secondary N) is 2. The molecule has 0 bridgehead atoms. The van der Waals surface area contributed by atoms with E-state index in [-0.39, 0.29) is 5.91 Å². The second kappa shape index (κ2) is 9.25. The lowest BCUT2D eigenvalue weighted by Crippen LogP contribution is -2.31. The van der Waals surface area contributed by atoms with Crippen LogP contribution in [0.5, 0.6) is 0 Å². The molecule has 6 nitrogen and oxygen atoms in total. The first-order valence-electron chi connectivity index (χ1n) is 8.32. The zero-order chi connectivity index (χ0) is 16.5. The van der Waals surface area contributed by atoms with Crippen LogP contribution in [-0.2, 0) is 0 Å². The summed E-state index contributed by atoms with van der Waals surface area (Å²) in [6.45, 7) is 2.25. The summed E-state index contributed by atoms with van der Waals surface area (Å²) in [5.74, 6) is 0.442. The van der Waals surface area contributed by atoms with Crippen LogP contribution in [0.1, 0.15) is 42.5 Å². The number of rotatable bonds is 8. The quantitative estimate of drug-likeness (QED) is 0.718. The van der Waals surface area contributed by atoms with Crippen LogP contribution in [0.3, 0.4) is 0 Å². The first-order chi connectivity index (χ1) is 11.1. The van der Waals surface area contributed by atoms with Gasteiger partial charge in [-0.05, 0) is 46.2 Å². The molecule has 0 spiro atoms. The van der Waals surface area contributed by atoms with E-state index in [4.69, 9.17) is 0 Å². The second-order valence-corrected chi connectivity index (χ2v) is 6.14. The third-order valence-electron chi connectivity index (χ3n) is 3.87. The minimum Gasteiger partial charge on any atom is -0.354 e. The maximum absolute atomic E-state index is 11.9. The molecule has 0 saturated heterocycles. The molecule has 0 radical (unpaired) electrons. The molecule has 0 atom stereocenters. The maximum Gasteiger partial charge on any atom is 0.254 e. The highest BCUT2D eigenvalue weighted by Crippen LogP contribution is 2.19. The molecular weight excluding hydrogens is 290 g/mol. The molecule has 23 heavy (non-hydrogen) atoms. The van der Waals surface area contributed by atoms with Crippen molar-refractivity contribution < 1.29 is 4.79 Å². The van der Waals surface area contributed by atoms with Crippen LogP contribution < -0.4 is 10.6 Å². The highest BCUT2D eigenvalue weighted by molar-refractivity contribution is 5.93. The standard InChI is InChI=1S/C17H27N5O/c1-22(2)11-10-18-16(23)15-12-20-17(21-13-15)19-9-8-14-6-4-3-5-7-14/h6,12-13H,3-5,7-11H2,1-2H3,(H,18,23)(H,19,20,21). The minimum absolute atomic E-state index is 0.134.